The molecule has 2 N–H and O–H groups in total. The van der Waals surface area contributed by atoms with Crippen LogP contribution < -0.4 is 5.32 Å². The van der Waals surface area contributed by atoms with Crippen molar-refractivity contribution in [3.8, 4) is 0 Å². The molecule has 0 aromatic rings. The second kappa shape index (κ2) is 5.61. The third kappa shape index (κ3) is 4.86. The van der Waals surface area contributed by atoms with Gasteiger partial charge in [-0.15, -0.1) is 0 Å². The smallest absolute Gasteiger partial charge is 0.320 e. The Morgan fingerprint density at radius 1 is 1.50 bits per heavy atom. The maximum absolute atomic E-state index is 10.9. The van der Waals surface area contributed by atoms with Gasteiger partial charge in [-0.1, -0.05) is 13.8 Å². The zero-order valence-electron chi connectivity index (χ0n) is 9.63. The minimum Gasteiger partial charge on any atom is -0.480 e. The Morgan fingerprint density at radius 2 is 2.00 bits per heavy atom. The summed E-state index contributed by atoms with van der Waals surface area (Å²) in [5.74, 6) is -0.651. The van der Waals surface area contributed by atoms with Crippen LogP contribution in [-0.2, 0) is 4.79 Å². The molecule has 0 saturated heterocycles. The molecule has 1 unspecified atom stereocenters. The van der Waals surface area contributed by atoms with Gasteiger partial charge in [0.2, 0.25) is 0 Å². The largest absolute Gasteiger partial charge is 0.480 e. The molecule has 0 spiro atoms. The van der Waals surface area contributed by atoms with Crippen LogP contribution in [0.2, 0.25) is 0 Å². The summed E-state index contributed by atoms with van der Waals surface area (Å²) in [6, 6.07) is -0.443. The van der Waals surface area contributed by atoms with Gasteiger partial charge in [0, 0.05) is 11.3 Å². The van der Waals surface area contributed by atoms with Gasteiger partial charge >= 0.3 is 5.97 Å². The first-order valence-electron chi connectivity index (χ1n) is 4.81. The van der Waals surface area contributed by atoms with Gasteiger partial charge in [0.1, 0.15) is 6.04 Å². The van der Waals surface area contributed by atoms with Crippen molar-refractivity contribution in [2.75, 3.05) is 12.8 Å². The summed E-state index contributed by atoms with van der Waals surface area (Å²) in [7, 11) is 0. The van der Waals surface area contributed by atoms with Crippen LogP contribution in [0, 0.1) is 5.92 Å². The van der Waals surface area contributed by atoms with E-state index in [9.17, 15) is 4.79 Å². The van der Waals surface area contributed by atoms with Crippen molar-refractivity contribution in [3.05, 3.63) is 0 Å². The molecule has 3 nitrogen and oxygen atoms in total. The average molecular weight is 219 g/mol. The zero-order valence-corrected chi connectivity index (χ0v) is 10.4. The fraction of sp³-hybridized carbons (Fsp3) is 0.900. The Balaban J connectivity index is 4.14. The molecule has 0 aliphatic carbocycles. The molecule has 84 valence electrons. The van der Waals surface area contributed by atoms with Gasteiger partial charge in [-0.2, -0.15) is 11.8 Å². The monoisotopic (exact) mass is 219 g/mol. The topological polar surface area (TPSA) is 49.3 Å². The standard InChI is InChI=1S/C10H21NO2S/c1-7(2)8(9(12)13)11-6-10(3,4)14-5/h7-8,11H,6H2,1-5H3,(H,12,13). The highest BCUT2D eigenvalue weighted by Gasteiger charge is 2.24. The SMILES string of the molecule is CSC(C)(C)CNC(C(=O)O)C(C)C. The van der Waals surface area contributed by atoms with Gasteiger partial charge in [0.25, 0.3) is 0 Å². The quantitative estimate of drug-likeness (QED) is 0.715. The average Bonchev–Trinajstić information content (AvgIpc) is 2.03. The number of hydrogen-bond acceptors (Lipinski definition) is 3. The molecule has 0 aromatic heterocycles. The lowest BCUT2D eigenvalue weighted by atomic mass is 10.0. The van der Waals surface area contributed by atoms with Crippen molar-refractivity contribution in [3.63, 3.8) is 0 Å². The summed E-state index contributed by atoms with van der Waals surface area (Å²) in [6.07, 6.45) is 2.03. The molecule has 0 aliphatic rings. The second-order valence-corrected chi connectivity index (χ2v) is 5.92. The Labute approximate surface area is 90.7 Å². The molecule has 4 heteroatoms. The lowest BCUT2D eigenvalue weighted by Crippen LogP contribution is -2.46. The van der Waals surface area contributed by atoms with Crippen LogP contribution in [0.4, 0.5) is 0 Å². The predicted molar refractivity (Wildman–Crippen MR) is 61.9 cm³/mol. The summed E-state index contributed by atoms with van der Waals surface area (Å²) in [5.41, 5.74) is 0. The second-order valence-electron chi connectivity index (χ2n) is 4.40. The lowest BCUT2D eigenvalue weighted by Gasteiger charge is -2.26. The maximum atomic E-state index is 10.9. The van der Waals surface area contributed by atoms with E-state index in [0.29, 0.717) is 6.54 Å². The van der Waals surface area contributed by atoms with E-state index in [1.807, 2.05) is 20.1 Å². The normalized spacial score (nSPS) is 14.4. The number of carboxylic acids is 1. The van der Waals surface area contributed by atoms with Crippen molar-refractivity contribution < 1.29 is 9.90 Å². The molecule has 0 rings (SSSR count). The van der Waals surface area contributed by atoms with Gasteiger partial charge in [0.05, 0.1) is 0 Å². The number of hydrogen-bond donors (Lipinski definition) is 2. The number of nitrogens with one attached hydrogen (secondary N) is 1. The van der Waals surface area contributed by atoms with Crippen LogP contribution in [0.5, 0.6) is 0 Å². The van der Waals surface area contributed by atoms with E-state index in [1.54, 1.807) is 11.8 Å². The van der Waals surface area contributed by atoms with E-state index >= 15 is 0 Å². The molecule has 0 heterocycles. The van der Waals surface area contributed by atoms with E-state index in [4.69, 9.17) is 5.11 Å². The van der Waals surface area contributed by atoms with Crippen molar-refractivity contribution in [2.24, 2.45) is 5.92 Å². The summed E-state index contributed by atoms with van der Waals surface area (Å²) >= 11 is 1.74. The van der Waals surface area contributed by atoms with Gasteiger partial charge in [-0.25, -0.2) is 0 Å². The van der Waals surface area contributed by atoms with E-state index < -0.39 is 12.0 Å². The highest BCUT2D eigenvalue weighted by molar-refractivity contribution is 7.99. The molecular formula is C10H21NO2S. The number of rotatable bonds is 6. The molecular weight excluding hydrogens is 198 g/mol. The Morgan fingerprint density at radius 3 is 2.29 bits per heavy atom. The first-order valence-corrected chi connectivity index (χ1v) is 6.04. The minimum atomic E-state index is -0.767. The molecule has 0 aromatic carbocycles. The van der Waals surface area contributed by atoms with Gasteiger partial charge < -0.3 is 10.4 Å². The molecule has 0 radical (unpaired) electrons. The molecule has 0 saturated carbocycles. The highest BCUT2D eigenvalue weighted by atomic mass is 32.2. The lowest BCUT2D eigenvalue weighted by molar-refractivity contribution is -0.140. The zero-order chi connectivity index (χ0) is 11.4. The third-order valence-electron chi connectivity index (χ3n) is 2.23. The minimum absolute atomic E-state index is 0.0859. The fourth-order valence-corrected chi connectivity index (χ4v) is 1.26. The van der Waals surface area contributed by atoms with Gasteiger partial charge in [-0.3, -0.25) is 4.79 Å². The van der Waals surface area contributed by atoms with Crippen LogP contribution >= 0.6 is 11.8 Å². The number of carboxylic acid groups (broad SMARTS) is 1. The van der Waals surface area contributed by atoms with Crippen molar-refractivity contribution in [1.82, 2.24) is 5.32 Å². The molecule has 1 atom stereocenters. The van der Waals surface area contributed by atoms with Crippen LogP contribution in [0.25, 0.3) is 0 Å². The summed E-state index contributed by atoms with van der Waals surface area (Å²) in [6.45, 7) is 8.74. The fourth-order valence-electron chi connectivity index (χ4n) is 1.04. The van der Waals surface area contributed by atoms with E-state index in [2.05, 4.69) is 19.2 Å². The van der Waals surface area contributed by atoms with Crippen LogP contribution in [0.3, 0.4) is 0 Å². The van der Waals surface area contributed by atoms with Gasteiger partial charge in [-0.05, 0) is 26.0 Å². The molecule has 0 amide bonds. The molecule has 0 aliphatic heterocycles. The molecule has 0 fully saturated rings. The van der Waals surface area contributed by atoms with E-state index in [1.165, 1.54) is 0 Å². The maximum Gasteiger partial charge on any atom is 0.320 e. The van der Waals surface area contributed by atoms with Crippen molar-refractivity contribution >= 4 is 17.7 Å². The van der Waals surface area contributed by atoms with Crippen LogP contribution in [0.15, 0.2) is 0 Å². The Bertz CT molecular complexity index is 193. The Hall–Kier alpha value is -0.220. The van der Waals surface area contributed by atoms with Crippen molar-refractivity contribution in [1.29, 1.82) is 0 Å². The van der Waals surface area contributed by atoms with Gasteiger partial charge in [0.15, 0.2) is 0 Å². The Kier molecular flexibility index (Phi) is 5.52. The number of aliphatic carboxylic acids is 1. The van der Waals surface area contributed by atoms with E-state index in [0.717, 1.165) is 0 Å². The molecule has 0 bridgehead atoms. The first kappa shape index (κ1) is 13.8. The van der Waals surface area contributed by atoms with Crippen LogP contribution in [-0.4, -0.2) is 34.7 Å². The third-order valence-corrected chi connectivity index (χ3v) is 3.48. The highest BCUT2D eigenvalue weighted by Crippen LogP contribution is 2.20. The predicted octanol–water partition coefficient (Wildman–Crippen LogP) is 1.83. The molecule has 14 heavy (non-hydrogen) atoms. The summed E-state index contributed by atoms with van der Waals surface area (Å²) in [4.78, 5) is 10.9. The summed E-state index contributed by atoms with van der Waals surface area (Å²) < 4.78 is 0.0859. The first-order chi connectivity index (χ1) is 6.30. The number of thioether (sulfide) groups is 1. The number of carbonyl (C=O) groups is 1. The summed E-state index contributed by atoms with van der Waals surface area (Å²) in [5, 5.41) is 12.0. The van der Waals surface area contributed by atoms with Crippen molar-refractivity contribution in [2.45, 2.75) is 38.5 Å². The van der Waals surface area contributed by atoms with Crippen LogP contribution in [0.1, 0.15) is 27.7 Å². The van der Waals surface area contributed by atoms with E-state index in [-0.39, 0.29) is 10.7 Å².